The minimum absolute atomic E-state index is 0.250. The van der Waals surface area contributed by atoms with E-state index < -0.39 is 16.8 Å². The molecule has 6 heteroatoms. The second kappa shape index (κ2) is 5.49. The molecule has 0 N–H and O–H groups in total. The molecule has 0 aliphatic rings. The van der Waals surface area contributed by atoms with Crippen molar-refractivity contribution in [2.45, 2.75) is 4.90 Å². The molecule has 0 saturated carbocycles. The molecule has 0 aromatic heterocycles. The predicted octanol–water partition coefficient (Wildman–Crippen LogP) is 2.27. The van der Waals surface area contributed by atoms with Crippen LogP contribution >= 0.6 is 23.2 Å². The van der Waals surface area contributed by atoms with Gasteiger partial charge in [0.15, 0.2) is 0 Å². The molecule has 3 nitrogen and oxygen atoms in total. The van der Waals surface area contributed by atoms with Crippen LogP contribution in [0.25, 0.3) is 0 Å². The van der Waals surface area contributed by atoms with Crippen molar-refractivity contribution in [3.63, 3.8) is 0 Å². The molecule has 0 aliphatic heterocycles. The smallest absolute Gasteiger partial charge is 0.318 e. The van der Waals surface area contributed by atoms with Crippen LogP contribution in [-0.4, -0.2) is 23.0 Å². The first-order chi connectivity index (χ1) is 7.06. The Labute approximate surface area is 99.8 Å². The van der Waals surface area contributed by atoms with Gasteiger partial charge in [0.1, 0.15) is 5.75 Å². The number of hydrogen-bond donors (Lipinski definition) is 0. The van der Waals surface area contributed by atoms with Gasteiger partial charge in [0.05, 0.1) is 32.9 Å². The second-order valence-corrected chi connectivity index (χ2v) is 4.82. The molecule has 82 valence electrons. The van der Waals surface area contributed by atoms with Crippen LogP contribution < -0.4 is 0 Å². The Bertz CT molecular complexity index is 386. The lowest BCUT2D eigenvalue weighted by atomic mass is 10.4. The van der Waals surface area contributed by atoms with Gasteiger partial charge < -0.3 is 4.74 Å². The molecule has 0 saturated heterocycles. The third-order valence-corrected chi connectivity index (χ3v) is 3.87. The predicted molar refractivity (Wildman–Crippen MR) is 59.8 cm³/mol. The van der Waals surface area contributed by atoms with Gasteiger partial charge in [-0.05, 0) is 12.1 Å². The molecule has 0 amide bonds. The highest BCUT2D eigenvalue weighted by Crippen LogP contribution is 2.27. The standard InChI is InChI=1S/C9H8Cl2O3S/c1-14-8(12)5-15(13)9-6(10)3-2-4-7(9)11/h2-4H,5H2,1H3. The Morgan fingerprint density at radius 1 is 1.40 bits per heavy atom. The van der Waals surface area contributed by atoms with E-state index in [2.05, 4.69) is 4.74 Å². The van der Waals surface area contributed by atoms with E-state index in [0.717, 1.165) is 0 Å². The first-order valence-electron chi connectivity index (χ1n) is 3.95. The maximum Gasteiger partial charge on any atom is 0.318 e. The lowest BCUT2D eigenvalue weighted by Gasteiger charge is -2.05. The number of halogens is 2. The summed E-state index contributed by atoms with van der Waals surface area (Å²) in [6.45, 7) is 0. The molecule has 0 heterocycles. The van der Waals surface area contributed by atoms with E-state index in [1.165, 1.54) is 7.11 Å². The highest BCUT2D eigenvalue weighted by Gasteiger charge is 2.16. The fourth-order valence-corrected chi connectivity index (χ4v) is 2.90. The van der Waals surface area contributed by atoms with E-state index in [1.807, 2.05) is 0 Å². The molecule has 1 aromatic carbocycles. The van der Waals surface area contributed by atoms with Crippen molar-refractivity contribution in [3.8, 4) is 0 Å². The minimum atomic E-state index is -1.57. The zero-order valence-electron chi connectivity index (χ0n) is 7.83. The van der Waals surface area contributed by atoms with Gasteiger partial charge in [-0.2, -0.15) is 0 Å². The Kier molecular flexibility index (Phi) is 4.57. The van der Waals surface area contributed by atoms with E-state index >= 15 is 0 Å². The van der Waals surface area contributed by atoms with Gasteiger partial charge >= 0.3 is 5.97 Å². The number of hydrogen-bond acceptors (Lipinski definition) is 3. The van der Waals surface area contributed by atoms with Crippen molar-refractivity contribution in [3.05, 3.63) is 28.2 Å². The van der Waals surface area contributed by atoms with Crippen molar-refractivity contribution < 1.29 is 13.7 Å². The van der Waals surface area contributed by atoms with Gasteiger partial charge in [-0.3, -0.25) is 9.00 Å². The summed E-state index contributed by atoms with van der Waals surface area (Å²) < 4.78 is 16.1. The summed E-state index contributed by atoms with van der Waals surface area (Å²) in [5, 5.41) is 0.564. The summed E-state index contributed by atoms with van der Waals surface area (Å²) in [4.78, 5) is 11.2. The van der Waals surface area contributed by atoms with Crippen LogP contribution in [0.2, 0.25) is 10.0 Å². The Balaban J connectivity index is 2.96. The highest BCUT2D eigenvalue weighted by atomic mass is 35.5. The summed E-state index contributed by atoms with van der Waals surface area (Å²) in [5.74, 6) is -0.815. The molecule has 0 bridgehead atoms. The van der Waals surface area contributed by atoms with Gasteiger partial charge in [-0.1, -0.05) is 29.3 Å². The Morgan fingerprint density at radius 3 is 2.40 bits per heavy atom. The number of benzene rings is 1. The number of methoxy groups -OCH3 is 1. The number of carbonyl (C=O) groups excluding carboxylic acids is 1. The van der Waals surface area contributed by atoms with Crippen LogP contribution in [0, 0.1) is 0 Å². The molecule has 0 aliphatic carbocycles. The molecular formula is C9H8Cl2O3S. The van der Waals surface area contributed by atoms with Gasteiger partial charge in [0.2, 0.25) is 0 Å². The molecule has 0 radical (unpaired) electrons. The zero-order chi connectivity index (χ0) is 11.4. The average Bonchev–Trinajstić information content (AvgIpc) is 2.17. The van der Waals surface area contributed by atoms with Crippen LogP contribution in [-0.2, 0) is 20.3 Å². The van der Waals surface area contributed by atoms with Gasteiger partial charge in [-0.15, -0.1) is 0 Å². The molecule has 1 rings (SSSR count). The quantitative estimate of drug-likeness (QED) is 0.789. The summed E-state index contributed by atoms with van der Waals surface area (Å²) in [6, 6.07) is 4.78. The van der Waals surface area contributed by atoms with Crippen molar-refractivity contribution in [2.24, 2.45) is 0 Å². The summed E-state index contributed by atoms with van der Waals surface area (Å²) in [7, 11) is -0.345. The first kappa shape index (κ1) is 12.5. The molecule has 0 fully saturated rings. The highest BCUT2D eigenvalue weighted by molar-refractivity contribution is 7.86. The van der Waals surface area contributed by atoms with Gasteiger partial charge in [0.25, 0.3) is 0 Å². The third kappa shape index (κ3) is 3.19. The van der Waals surface area contributed by atoms with E-state index in [0.29, 0.717) is 0 Å². The maximum absolute atomic E-state index is 11.7. The number of ether oxygens (including phenoxy) is 1. The first-order valence-corrected chi connectivity index (χ1v) is 6.03. The molecule has 1 unspecified atom stereocenters. The normalized spacial score (nSPS) is 12.2. The third-order valence-electron chi connectivity index (χ3n) is 1.62. The Morgan fingerprint density at radius 2 is 1.93 bits per heavy atom. The molecule has 1 aromatic rings. The average molecular weight is 267 g/mol. The van der Waals surface area contributed by atoms with Crippen molar-refractivity contribution in [2.75, 3.05) is 12.9 Å². The van der Waals surface area contributed by atoms with Crippen LogP contribution in [0.3, 0.4) is 0 Å². The van der Waals surface area contributed by atoms with Crippen LogP contribution in [0.15, 0.2) is 23.1 Å². The summed E-state index contributed by atoms with van der Waals surface area (Å²) in [5.41, 5.74) is 0. The Hall–Kier alpha value is -0.580. The lowest BCUT2D eigenvalue weighted by molar-refractivity contribution is -0.137. The number of esters is 1. The SMILES string of the molecule is COC(=O)CS(=O)c1c(Cl)cccc1Cl. The van der Waals surface area contributed by atoms with Crippen molar-refractivity contribution in [1.82, 2.24) is 0 Å². The minimum Gasteiger partial charge on any atom is -0.468 e. The molecule has 0 spiro atoms. The lowest BCUT2D eigenvalue weighted by Crippen LogP contribution is -2.12. The number of carbonyl (C=O) groups is 1. The van der Waals surface area contributed by atoms with Gasteiger partial charge in [0, 0.05) is 0 Å². The van der Waals surface area contributed by atoms with E-state index in [-0.39, 0.29) is 20.7 Å². The topological polar surface area (TPSA) is 43.4 Å². The zero-order valence-corrected chi connectivity index (χ0v) is 10.2. The molecular weight excluding hydrogens is 259 g/mol. The van der Waals surface area contributed by atoms with E-state index in [4.69, 9.17) is 23.2 Å². The largest absolute Gasteiger partial charge is 0.468 e. The van der Waals surface area contributed by atoms with Crippen molar-refractivity contribution in [1.29, 1.82) is 0 Å². The molecule has 1 atom stereocenters. The van der Waals surface area contributed by atoms with Crippen LogP contribution in [0.5, 0.6) is 0 Å². The fourth-order valence-electron chi connectivity index (χ4n) is 0.938. The second-order valence-electron chi connectivity index (χ2n) is 2.62. The molecule has 15 heavy (non-hydrogen) atoms. The van der Waals surface area contributed by atoms with Crippen LogP contribution in [0.1, 0.15) is 0 Å². The summed E-state index contributed by atoms with van der Waals surface area (Å²) in [6.07, 6.45) is 0. The van der Waals surface area contributed by atoms with Crippen LogP contribution in [0.4, 0.5) is 0 Å². The fraction of sp³-hybridized carbons (Fsp3) is 0.222. The van der Waals surface area contributed by atoms with E-state index in [1.54, 1.807) is 18.2 Å². The maximum atomic E-state index is 11.7. The monoisotopic (exact) mass is 266 g/mol. The van der Waals surface area contributed by atoms with E-state index in [9.17, 15) is 9.00 Å². The summed E-state index contributed by atoms with van der Waals surface area (Å²) >= 11 is 11.6. The number of rotatable bonds is 3. The van der Waals surface area contributed by atoms with Crippen molar-refractivity contribution >= 4 is 40.0 Å². The van der Waals surface area contributed by atoms with Gasteiger partial charge in [-0.25, -0.2) is 0 Å².